The van der Waals surface area contributed by atoms with Crippen LogP contribution in [0.1, 0.15) is 33.1 Å². The van der Waals surface area contributed by atoms with E-state index in [2.05, 4.69) is 25.2 Å². The number of nitrogens with one attached hydrogen (secondary N) is 1. The van der Waals surface area contributed by atoms with Crippen molar-refractivity contribution >= 4 is 0 Å². The monoisotopic (exact) mass is 138 g/mol. The Bertz CT molecular complexity index is 155. The fraction of sp³-hybridized carbons (Fsp3) is 0.875. The summed E-state index contributed by atoms with van der Waals surface area (Å²) >= 11 is 0. The quantitative estimate of drug-likeness (QED) is 0.549. The summed E-state index contributed by atoms with van der Waals surface area (Å²) in [4.78, 5) is 0. The van der Waals surface area contributed by atoms with Crippen molar-refractivity contribution < 1.29 is 0 Å². The van der Waals surface area contributed by atoms with Crippen molar-refractivity contribution in [2.24, 2.45) is 0 Å². The first-order valence-corrected chi connectivity index (χ1v) is 3.81. The minimum atomic E-state index is 0.0868. The third kappa shape index (κ3) is 1.71. The van der Waals surface area contributed by atoms with Gasteiger partial charge in [0.25, 0.3) is 0 Å². The third-order valence-corrected chi connectivity index (χ3v) is 2.02. The molecule has 1 atom stereocenters. The van der Waals surface area contributed by atoms with Crippen molar-refractivity contribution in [2.75, 3.05) is 0 Å². The normalized spacial score (nSPS) is 31.1. The van der Waals surface area contributed by atoms with E-state index >= 15 is 0 Å². The van der Waals surface area contributed by atoms with Gasteiger partial charge in [0, 0.05) is 5.54 Å². The number of piperidine rings is 1. The maximum atomic E-state index is 8.61. The van der Waals surface area contributed by atoms with Crippen LogP contribution in [0.2, 0.25) is 0 Å². The molecule has 0 aromatic carbocycles. The SMILES string of the molecule is CC1(C)CCCC(C#N)N1. The highest BCUT2D eigenvalue weighted by molar-refractivity contribution is 4.98. The van der Waals surface area contributed by atoms with Crippen molar-refractivity contribution in [3.8, 4) is 6.07 Å². The van der Waals surface area contributed by atoms with Crippen molar-refractivity contribution in [2.45, 2.75) is 44.7 Å². The third-order valence-electron chi connectivity index (χ3n) is 2.02. The summed E-state index contributed by atoms with van der Waals surface area (Å²) in [6.45, 7) is 4.30. The highest BCUT2D eigenvalue weighted by Crippen LogP contribution is 2.20. The first kappa shape index (κ1) is 7.56. The molecule has 56 valence electrons. The predicted octanol–water partition coefficient (Wildman–Crippen LogP) is 1.43. The summed E-state index contributed by atoms with van der Waals surface area (Å²) in [5, 5.41) is 11.9. The fourth-order valence-corrected chi connectivity index (χ4v) is 1.46. The van der Waals surface area contributed by atoms with Gasteiger partial charge in [0.05, 0.1) is 12.1 Å². The van der Waals surface area contributed by atoms with Crippen LogP contribution >= 0.6 is 0 Å². The lowest BCUT2D eigenvalue weighted by Crippen LogP contribution is -2.48. The van der Waals surface area contributed by atoms with E-state index in [4.69, 9.17) is 5.26 Å². The molecule has 1 rings (SSSR count). The van der Waals surface area contributed by atoms with Crippen LogP contribution in [0.5, 0.6) is 0 Å². The van der Waals surface area contributed by atoms with Gasteiger partial charge >= 0.3 is 0 Å². The van der Waals surface area contributed by atoms with Crippen LogP contribution in [-0.2, 0) is 0 Å². The fourth-order valence-electron chi connectivity index (χ4n) is 1.46. The molecule has 0 bridgehead atoms. The van der Waals surface area contributed by atoms with E-state index in [0.717, 1.165) is 6.42 Å². The van der Waals surface area contributed by atoms with Crippen LogP contribution in [0, 0.1) is 11.3 Å². The van der Waals surface area contributed by atoms with Gasteiger partial charge < -0.3 is 0 Å². The van der Waals surface area contributed by atoms with E-state index in [1.165, 1.54) is 12.8 Å². The van der Waals surface area contributed by atoms with E-state index in [0.29, 0.717) is 0 Å². The molecular weight excluding hydrogens is 124 g/mol. The zero-order valence-electron chi connectivity index (χ0n) is 6.65. The van der Waals surface area contributed by atoms with E-state index in [1.807, 2.05) is 0 Å². The lowest BCUT2D eigenvalue weighted by molar-refractivity contribution is 0.273. The summed E-state index contributed by atoms with van der Waals surface area (Å²) in [7, 11) is 0. The molecule has 1 fully saturated rings. The maximum Gasteiger partial charge on any atom is 0.0957 e. The molecule has 0 amide bonds. The molecule has 0 saturated carbocycles. The highest BCUT2D eigenvalue weighted by Gasteiger charge is 2.26. The number of rotatable bonds is 0. The number of nitrogens with zero attached hydrogens (tertiary/aromatic N) is 1. The van der Waals surface area contributed by atoms with Gasteiger partial charge in [-0.3, -0.25) is 5.32 Å². The van der Waals surface area contributed by atoms with E-state index in [-0.39, 0.29) is 11.6 Å². The van der Waals surface area contributed by atoms with Crippen LogP contribution in [0.3, 0.4) is 0 Å². The Labute approximate surface area is 62.2 Å². The Morgan fingerprint density at radius 2 is 2.30 bits per heavy atom. The molecule has 0 aromatic rings. The Balaban J connectivity index is 2.49. The highest BCUT2D eigenvalue weighted by atomic mass is 15.0. The molecule has 2 heteroatoms. The van der Waals surface area contributed by atoms with Crippen molar-refractivity contribution in [3.05, 3.63) is 0 Å². The molecule has 1 heterocycles. The van der Waals surface area contributed by atoms with Gasteiger partial charge in [-0.25, -0.2) is 0 Å². The predicted molar refractivity (Wildman–Crippen MR) is 40.5 cm³/mol. The molecule has 2 nitrogen and oxygen atoms in total. The average Bonchev–Trinajstić information content (AvgIpc) is 1.86. The van der Waals surface area contributed by atoms with Crippen molar-refractivity contribution in [1.29, 1.82) is 5.26 Å². The number of hydrogen-bond acceptors (Lipinski definition) is 2. The topological polar surface area (TPSA) is 35.8 Å². The molecule has 1 N–H and O–H groups in total. The summed E-state index contributed by atoms with van der Waals surface area (Å²) in [6, 6.07) is 2.34. The Morgan fingerprint density at radius 1 is 1.60 bits per heavy atom. The molecule has 0 aliphatic carbocycles. The average molecular weight is 138 g/mol. The molecule has 1 aliphatic rings. The second kappa shape index (κ2) is 2.59. The second-order valence-corrected chi connectivity index (χ2v) is 3.60. The van der Waals surface area contributed by atoms with Gasteiger partial charge in [0.1, 0.15) is 0 Å². The molecule has 0 spiro atoms. The standard InChI is InChI=1S/C8H14N2/c1-8(2)5-3-4-7(6-9)10-8/h7,10H,3-5H2,1-2H3. The molecule has 1 aliphatic heterocycles. The number of nitriles is 1. The van der Waals surface area contributed by atoms with Crippen LogP contribution in [0.25, 0.3) is 0 Å². The van der Waals surface area contributed by atoms with E-state index < -0.39 is 0 Å². The molecule has 1 saturated heterocycles. The van der Waals surface area contributed by atoms with Crippen LogP contribution in [-0.4, -0.2) is 11.6 Å². The van der Waals surface area contributed by atoms with Gasteiger partial charge in [-0.1, -0.05) is 0 Å². The summed E-state index contributed by atoms with van der Waals surface area (Å²) in [6.07, 6.45) is 3.38. The molecule has 0 radical (unpaired) electrons. The van der Waals surface area contributed by atoms with E-state index in [9.17, 15) is 0 Å². The van der Waals surface area contributed by atoms with Gasteiger partial charge in [0.15, 0.2) is 0 Å². The van der Waals surface area contributed by atoms with Crippen LogP contribution in [0.15, 0.2) is 0 Å². The molecule has 1 unspecified atom stereocenters. The molecule has 10 heavy (non-hydrogen) atoms. The van der Waals surface area contributed by atoms with Crippen LogP contribution < -0.4 is 5.32 Å². The van der Waals surface area contributed by atoms with Crippen LogP contribution in [0.4, 0.5) is 0 Å². The minimum absolute atomic E-state index is 0.0868. The summed E-state index contributed by atoms with van der Waals surface area (Å²) in [5.41, 5.74) is 0.179. The summed E-state index contributed by atoms with van der Waals surface area (Å²) < 4.78 is 0. The zero-order chi connectivity index (χ0) is 7.61. The van der Waals surface area contributed by atoms with Gasteiger partial charge in [-0.2, -0.15) is 5.26 Å². The first-order valence-electron chi connectivity index (χ1n) is 3.81. The summed E-state index contributed by atoms with van der Waals surface area (Å²) in [5.74, 6) is 0. The Hall–Kier alpha value is -0.550. The first-order chi connectivity index (χ1) is 4.64. The number of hydrogen-bond donors (Lipinski definition) is 1. The van der Waals surface area contributed by atoms with Gasteiger partial charge in [0.2, 0.25) is 0 Å². The molecular formula is C8H14N2. The Morgan fingerprint density at radius 3 is 2.70 bits per heavy atom. The maximum absolute atomic E-state index is 8.61. The second-order valence-electron chi connectivity index (χ2n) is 3.60. The smallest absolute Gasteiger partial charge is 0.0957 e. The molecule has 0 aromatic heterocycles. The lowest BCUT2D eigenvalue weighted by atomic mass is 9.90. The zero-order valence-corrected chi connectivity index (χ0v) is 6.65. The minimum Gasteiger partial charge on any atom is -0.297 e. The van der Waals surface area contributed by atoms with Crippen molar-refractivity contribution in [3.63, 3.8) is 0 Å². The van der Waals surface area contributed by atoms with E-state index in [1.54, 1.807) is 0 Å². The van der Waals surface area contributed by atoms with Gasteiger partial charge in [-0.05, 0) is 33.1 Å². The largest absolute Gasteiger partial charge is 0.297 e. The Kier molecular flexibility index (Phi) is 1.96. The lowest BCUT2D eigenvalue weighted by Gasteiger charge is -2.33. The van der Waals surface area contributed by atoms with Crippen molar-refractivity contribution in [1.82, 2.24) is 5.32 Å². The van der Waals surface area contributed by atoms with Gasteiger partial charge in [-0.15, -0.1) is 0 Å².